The van der Waals surface area contributed by atoms with Gasteiger partial charge in [0.15, 0.2) is 5.65 Å². The summed E-state index contributed by atoms with van der Waals surface area (Å²) in [6.45, 7) is 4.43. The van der Waals surface area contributed by atoms with Crippen molar-refractivity contribution in [3.63, 3.8) is 0 Å². The molecule has 9 heteroatoms. The van der Waals surface area contributed by atoms with Gasteiger partial charge < -0.3 is 15.5 Å². The molecule has 1 atom stereocenters. The number of anilines is 1. The molecule has 168 valence electrons. The number of hydrogen-bond acceptors (Lipinski definition) is 6. The normalized spacial score (nSPS) is 16.2. The summed E-state index contributed by atoms with van der Waals surface area (Å²) in [7, 11) is 0. The number of nitrogens with zero attached hydrogens (tertiary/aromatic N) is 5. The van der Waals surface area contributed by atoms with Crippen LogP contribution < -0.4 is 15.5 Å². The van der Waals surface area contributed by atoms with E-state index in [1.54, 1.807) is 0 Å². The van der Waals surface area contributed by atoms with Gasteiger partial charge in [0, 0.05) is 37.4 Å². The average Bonchev–Trinajstić information content (AvgIpc) is 3.28. The summed E-state index contributed by atoms with van der Waals surface area (Å²) >= 11 is 5.94. The Morgan fingerprint density at radius 1 is 1.15 bits per heavy atom. The van der Waals surface area contributed by atoms with Crippen LogP contribution in [-0.4, -0.2) is 51.3 Å². The van der Waals surface area contributed by atoms with Crippen LogP contribution in [0.1, 0.15) is 11.1 Å². The van der Waals surface area contributed by atoms with Crippen molar-refractivity contribution in [3.8, 4) is 5.69 Å². The Labute approximate surface area is 196 Å². The van der Waals surface area contributed by atoms with Gasteiger partial charge in [-0.2, -0.15) is 0 Å². The maximum atomic E-state index is 12.8. The van der Waals surface area contributed by atoms with Gasteiger partial charge in [0.1, 0.15) is 18.2 Å². The number of carbonyl (C=O) groups excluding carboxylic acids is 1. The second kappa shape index (κ2) is 9.17. The largest absolute Gasteiger partial charge is 0.353 e. The molecule has 3 heterocycles. The minimum Gasteiger partial charge on any atom is -0.353 e. The molecule has 0 radical (unpaired) electrons. The molecule has 0 saturated carbocycles. The van der Waals surface area contributed by atoms with E-state index in [9.17, 15) is 4.79 Å². The van der Waals surface area contributed by atoms with E-state index in [1.807, 2.05) is 47.3 Å². The number of amides is 1. The van der Waals surface area contributed by atoms with Gasteiger partial charge in [-0.25, -0.2) is 14.6 Å². The molecule has 1 aliphatic rings. The molecule has 4 aromatic rings. The lowest BCUT2D eigenvalue weighted by Gasteiger charge is -2.33. The van der Waals surface area contributed by atoms with Crippen molar-refractivity contribution < 1.29 is 4.79 Å². The summed E-state index contributed by atoms with van der Waals surface area (Å²) in [6, 6.07) is 15.3. The van der Waals surface area contributed by atoms with E-state index in [0.717, 1.165) is 29.0 Å². The van der Waals surface area contributed by atoms with Crippen molar-refractivity contribution in [1.82, 2.24) is 30.4 Å². The number of hydrogen-bond donors (Lipinski definition) is 2. The molecule has 1 amide bonds. The Morgan fingerprint density at radius 3 is 2.73 bits per heavy atom. The molecule has 2 N–H and O–H groups in total. The van der Waals surface area contributed by atoms with E-state index in [0.29, 0.717) is 30.3 Å². The molecule has 0 aliphatic carbocycles. The Bertz CT molecular complexity index is 1270. The highest BCUT2D eigenvalue weighted by atomic mass is 35.5. The van der Waals surface area contributed by atoms with Crippen molar-refractivity contribution in [2.45, 2.75) is 19.5 Å². The standard InChI is InChI=1S/C24H24ClN7O/c1-16-2-8-19(9-3-16)32-13-20-22(30-32)28-15-29-23(20)31-11-10-26-21(14-31)24(33)27-12-17-4-6-18(25)7-5-17/h2-9,13,15,21,26H,10-12,14H2,1H3,(H,27,33)/t21-/m0/s1. The van der Waals surface area contributed by atoms with Crippen LogP contribution in [0.3, 0.4) is 0 Å². The summed E-state index contributed by atoms with van der Waals surface area (Å²) < 4.78 is 1.82. The van der Waals surface area contributed by atoms with E-state index in [1.165, 1.54) is 11.9 Å². The lowest BCUT2D eigenvalue weighted by Crippen LogP contribution is -2.57. The van der Waals surface area contributed by atoms with Gasteiger partial charge in [0.05, 0.1) is 11.1 Å². The van der Waals surface area contributed by atoms with Crippen LogP contribution >= 0.6 is 11.6 Å². The Balaban J connectivity index is 1.32. The molecule has 2 aromatic heterocycles. The monoisotopic (exact) mass is 461 g/mol. The SMILES string of the molecule is Cc1ccc(-n2cc3c(N4CCN[C@H](C(=O)NCc5ccc(Cl)cc5)C4)ncnc3n2)cc1. The average molecular weight is 462 g/mol. The van der Waals surface area contributed by atoms with Crippen LogP contribution in [0, 0.1) is 6.92 Å². The summed E-state index contributed by atoms with van der Waals surface area (Å²) in [5.74, 6) is 0.741. The second-order valence-corrected chi connectivity index (χ2v) is 8.58. The van der Waals surface area contributed by atoms with Gasteiger partial charge in [-0.1, -0.05) is 41.4 Å². The predicted molar refractivity (Wildman–Crippen MR) is 129 cm³/mol. The third-order valence-corrected chi connectivity index (χ3v) is 6.02. The molecule has 5 rings (SSSR count). The van der Waals surface area contributed by atoms with Crippen molar-refractivity contribution in [2.75, 3.05) is 24.5 Å². The Morgan fingerprint density at radius 2 is 1.94 bits per heavy atom. The van der Waals surface area contributed by atoms with E-state index in [4.69, 9.17) is 11.6 Å². The van der Waals surface area contributed by atoms with E-state index in [2.05, 4.69) is 49.7 Å². The topological polar surface area (TPSA) is 88.0 Å². The summed E-state index contributed by atoms with van der Waals surface area (Å²) in [5.41, 5.74) is 3.78. The van der Waals surface area contributed by atoms with Crippen molar-refractivity contribution in [3.05, 3.63) is 77.2 Å². The fourth-order valence-corrected chi connectivity index (χ4v) is 4.07. The first kappa shape index (κ1) is 21.4. The van der Waals surface area contributed by atoms with E-state index >= 15 is 0 Å². The molecule has 1 fully saturated rings. The highest BCUT2D eigenvalue weighted by molar-refractivity contribution is 6.30. The number of piperazine rings is 1. The molecule has 0 bridgehead atoms. The summed E-state index contributed by atoms with van der Waals surface area (Å²) in [4.78, 5) is 23.8. The third kappa shape index (κ3) is 4.67. The van der Waals surface area contributed by atoms with Gasteiger partial charge in [-0.15, -0.1) is 5.10 Å². The molecular weight excluding hydrogens is 438 g/mol. The zero-order chi connectivity index (χ0) is 22.8. The number of nitrogens with one attached hydrogen (secondary N) is 2. The second-order valence-electron chi connectivity index (χ2n) is 8.14. The number of rotatable bonds is 5. The van der Waals surface area contributed by atoms with Gasteiger partial charge in [-0.3, -0.25) is 4.79 Å². The van der Waals surface area contributed by atoms with Crippen molar-refractivity contribution in [2.24, 2.45) is 0 Å². The van der Waals surface area contributed by atoms with Crippen LogP contribution in [-0.2, 0) is 11.3 Å². The number of aryl methyl sites for hydroxylation is 1. The lowest BCUT2D eigenvalue weighted by atomic mass is 10.1. The summed E-state index contributed by atoms with van der Waals surface area (Å²) in [6.07, 6.45) is 3.48. The molecule has 1 saturated heterocycles. The number of aromatic nitrogens is 4. The van der Waals surface area contributed by atoms with Gasteiger partial charge in [-0.05, 0) is 36.8 Å². The molecule has 2 aromatic carbocycles. The predicted octanol–water partition coefficient (Wildman–Crippen LogP) is 2.87. The highest BCUT2D eigenvalue weighted by Gasteiger charge is 2.27. The minimum atomic E-state index is -0.344. The molecule has 1 aliphatic heterocycles. The minimum absolute atomic E-state index is 0.0460. The van der Waals surface area contributed by atoms with Crippen molar-refractivity contribution in [1.29, 1.82) is 0 Å². The van der Waals surface area contributed by atoms with E-state index < -0.39 is 0 Å². The fraction of sp³-hybridized carbons (Fsp3) is 0.250. The maximum Gasteiger partial charge on any atom is 0.239 e. The molecule has 8 nitrogen and oxygen atoms in total. The first-order valence-corrected chi connectivity index (χ1v) is 11.2. The number of fused-ring (bicyclic) bond motifs is 1. The van der Waals surface area contributed by atoms with Crippen LogP contribution in [0.4, 0.5) is 5.82 Å². The molecule has 0 unspecified atom stereocenters. The van der Waals surface area contributed by atoms with Gasteiger partial charge >= 0.3 is 0 Å². The van der Waals surface area contributed by atoms with Crippen LogP contribution in [0.15, 0.2) is 61.1 Å². The molecule has 33 heavy (non-hydrogen) atoms. The first-order valence-electron chi connectivity index (χ1n) is 10.8. The van der Waals surface area contributed by atoms with Crippen LogP contribution in [0.5, 0.6) is 0 Å². The summed E-state index contributed by atoms with van der Waals surface area (Å²) in [5, 5.41) is 12.5. The number of benzene rings is 2. The molecule has 0 spiro atoms. The lowest BCUT2D eigenvalue weighted by molar-refractivity contribution is -0.123. The van der Waals surface area contributed by atoms with Crippen molar-refractivity contribution >= 4 is 34.4 Å². The molecular formula is C24H24ClN7O. The maximum absolute atomic E-state index is 12.8. The van der Waals surface area contributed by atoms with Crippen LogP contribution in [0.25, 0.3) is 16.7 Å². The van der Waals surface area contributed by atoms with E-state index in [-0.39, 0.29) is 11.9 Å². The Kier molecular flexibility index (Phi) is 5.93. The number of carbonyl (C=O) groups is 1. The van der Waals surface area contributed by atoms with Gasteiger partial charge in [0.25, 0.3) is 0 Å². The zero-order valence-corrected chi connectivity index (χ0v) is 19.0. The smallest absolute Gasteiger partial charge is 0.239 e. The third-order valence-electron chi connectivity index (χ3n) is 5.77. The zero-order valence-electron chi connectivity index (χ0n) is 18.2. The number of halogens is 1. The first-order chi connectivity index (χ1) is 16.1. The highest BCUT2D eigenvalue weighted by Crippen LogP contribution is 2.24. The quantitative estimate of drug-likeness (QED) is 0.475. The fourth-order valence-electron chi connectivity index (χ4n) is 3.94. The Hall–Kier alpha value is -3.49. The van der Waals surface area contributed by atoms with Crippen LogP contribution in [0.2, 0.25) is 5.02 Å². The van der Waals surface area contributed by atoms with Gasteiger partial charge in [0.2, 0.25) is 5.91 Å².